The highest BCUT2D eigenvalue weighted by atomic mass is 19.2. The van der Waals surface area contributed by atoms with Crippen molar-refractivity contribution in [1.29, 1.82) is 0 Å². The lowest BCUT2D eigenvalue weighted by Gasteiger charge is -2.27. The Bertz CT molecular complexity index is 1230. The second-order valence-electron chi connectivity index (χ2n) is 7.21. The van der Waals surface area contributed by atoms with Crippen LogP contribution in [-0.2, 0) is 4.74 Å². The van der Waals surface area contributed by atoms with Crippen molar-refractivity contribution in [1.82, 2.24) is 15.0 Å². The minimum absolute atomic E-state index is 0.408. The summed E-state index contributed by atoms with van der Waals surface area (Å²) in [7, 11) is 0. The van der Waals surface area contributed by atoms with E-state index >= 15 is 0 Å². The van der Waals surface area contributed by atoms with Gasteiger partial charge in [0.15, 0.2) is 11.6 Å². The molecule has 0 unspecified atom stereocenters. The lowest BCUT2D eigenvalue weighted by Crippen LogP contribution is -2.36. The van der Waals surface area contributed by atoms with Crippen molar-refractivity contribution in [3.8, 4) is 11.1 Å². The maximum atomic E-state index is 13.5. The van der Waals surface area contributed by atoms with Crippen molar-refractivity contribution >= 4 is 28.2 Å². The number of anilines is 3. The summed E-state index contributed by atoms with van der Waals surface area (Å²) in [5.41, 5.74) is 3.10. The van der Waals surface area contributed by atoms with Crippen LogP contribution in [0.3, 0.4) is 0 Å². The Kier molecular flexibility index (Phi) is 5.13. The minimum atomic E-state index is -0.918. The SMILES string of the molecule is Fc1ccc(Nc2ncnc3cc(-c4ccc(N5CCOCC5)nc4)ccc23)cc1F. The molecule has 0 spiro atoms. The van der Waals surface area contributed by atoms with Gasteiger partial charge in [-0.25, -0.2) is 23.7 Å². The van der Waals surface area contributed by atoms with Gasteiger partial charge in [-0.1, -0.05) is 6.07 Å². The molecule has 1 fully saturated rings. The quantitative estimate of drug-likeness (QED) is 0.524. The van der Waals surface area contributed by atoms with E-state index in [4.69, 9.17) is 4.74 Å². The van der Waals surface area contributed by atoms with Gasteiger partial charge >= 0.3 is 0 Å². The van der Waals surface area contributed by atoms with Crippen molar-refractivity contribution < 1.29 is 13.5 Å². The highest BCUT2D eigenvalue weighted by molar-refractivity contribution is 5.93. The van der Waals surface area contributed by atoms with Crippen LogP contribution < -0.4 is 10.2 Å². The maximum absolute atomic E-state index is 13.5. The number of halogens is 2. The van der Waals surface area contributed by atoms with E-state index in [2.05, 4.69) is 25.2 Å². The zero-order valence-corrected chi connectivity index (χ0v) is 16.6. The number of morpholine rings is 1. The van der Waals surface area contributed by atoms with Gasteiger partial charge in [-0.05, 0) is 42.0 Å². The summed E-state index contributed by atoms with van der Waals surface area (Å²) in [6, 6.07) is 13.5. The first-order chi connectivity index (χ1) is 15.2. The number of aromatic nitrogens is 3. The topological polar surface area (TPSA) is 63.2 Å². The van der Waals surface area contributed by atoms with E-state index < -0.39 is 11.6 Å². The summed E-state index contributed by atoms with van der Waals surface area (Å²) in [4.78, 5) is 15.4. The normalized spacial score (nSPS) is 14.1. The Labute approximate surface area is 177 Å². The van der Waals surface area contributed by atoms with Gasteiger partial charge in [-0.3, -0.25) is 0 Å². The molecule has 31 heavy (non-hydrogen) atoms. The van der Waals surface area contributed by atoms with E-state index in [1.807, 2.05) is 36.5 Å². The van der Waals surface area contributed by atoms with Crippen molar-refractivity contribution in [2.75, 3.05) is 36.5 Å². The maximum Gasteiger partial charge on any atom is 0.160 e. The standard InChI is InChI=1S/C23H19F2N5O/c24-19-5-3-17(12-20(19)25)29-23-18-4-1-15(11-21(18)27-14-28-23)16-2-6-22(26-13-16)30-7-9-31-10-8-30/h1-6,11-14H,7-10H2,(H,27,28,29). The molecule has 2 aromatic heterocycles. The molecule has 1 N–H and O–H groups in total. The van der Waals surface area contributed by atoms with Crippen LogP contribution in [0.1, 0.15) is 0 Å². The van der Waals surface area contributed by atoms with Gasteiger partial charge in [-0.15, -0.1) is 0 Å². The minimum Gasteiger partial charge on any atom is -0.378 e. The van der Waals surface area contributed by atoms with E-state index in [-0.39, 0.29) is 0 Å². The predicted molar refractivity (Wildman–Crippen MR) is 115 cm³/mol. The van der Waals surface area contributed by atoms with Gasteiger partial charge in [-0.2, -0.15) is 0 Å². The molecule has 1 saturated heterocycles. The van der Waals surface area contributed by atoms with E-state index in [1.54, 1.807) is 0 Å². The Balaban J connectivity index is 1.42. The number of benzene rings is 2. The summed E-state index contributed by atoms with van der Waals surface area (Å²) in [5, 5.41) is 3.80. The molecule has 156 valence electrons. The lowest BCUT2D eigenvalue weighted by atomic mass is 10.1. The largest absolute Gasteiger partial charge is 0.378 e. The summed E-state index contributed by atoms with van der Waals surface area (Å²) in [6.45, 7) is 3.11. The smallest absolute Gasteiger partial charge is 0.160 e. The van der Waals surface area contributed by atoms with Crippen LogP contribution in [0.4, 0.5) is 26.1 Å². The van der Waals surface area contributed by atoms with Gasteiger partial charge in [0.05, 0.1) is 18.7 Å². The van der Waals surface area contributed by atoms with E-state index in [0.717, 1.165) is 66.3 Å². The average molecular weight is 419 g/mol. The third kappa shape index (κ3) is 4.02. The van der Waals surface area contributed by atoms with Crippen LogP contribution in [0.2, 0.25) is 0 Å². The van der Waals surface area contributed by atoms with Gasteiger partial charge in [0, 0.05) is 42.0 Å². The van der Waals surface area contributed by atoms with E-state index in [1.165, 1.54) is 12.4 Å². The van der Waals surface area contributed by atoms with E-state index in [9.17, 15) is 8.78 Å². The molecular weight excluding hydrogens is 400 g/mol. The van der Waals surface area contributed by atoms with Gasteiger partial charge in [0.2, 0.25) is 0 Å². The number of pyridine rings is 1. The Morgan fingerprint density at radius 3 is 2.45 bits per heavy atom. The predicted octanol–water partition coefficient (Wildman–Crippen LogP) is 4.55. The summed E-state index contributed by atoms with van der Waals surface area (Å²) < 4.78 is 32.1. The van der Waals surface area contributed by atoms with Crippen LogP contribution in [0.15, 0.2) is 61.1 Å². The highest BCUT2D eigenvalue weighted by Gasteiger charge is 2.13. The molecule has 6 nitrogen and oxygen atoms in total. The van der Waals surface area contributed by atoms with Crippen LogP contribution in [0.25, 0.3) is 22.0 Å². The number of rotatable bonds is 4. The third-order valence-corrected chi connectivity index (χ3v) is 5.24. The van der Waals surface area contributed by atoms with E-state index in [0.29, 0.717) is 11.5 Å². The highest BCUT2D eigenvalue weighted by Crippen LogP contribution is 2.29. The fourth-order valence-electron chi connectivity index (χ4n) is 3.58. The summed E-state index contributed by atoms with van der Waals surface area (Å²) >= 11 is 0. The first-order valence-corrected chi connectivity index (χ1v) is 9.93. The molecule has 0 bridgehead atoms. The van der Waals surface area contributed by atoms with Crippen molar-refractivity contribution in [3.63, 3.8) is 0 Å². The molecule has 2 aromatic carbocycles. The third-order valence-electron chi connectivity index (χ3n) is 5.24. The average Bonchev–Trinajstić information content (AvgIpc) is 2.82. The van der Waals surface area contributed by atoms with Crippen LogP contribution in [-0.4, -0.2) is 41.3 Å². The van der Waals surface area contributed by atoms with Gasteiger partial charge in [0.1, 0.15) is 18.0 Å². The van der Waals surface area contributed by atoms with Crippen LogP contribution >= 0.6 is 0 Å². The summed E-state index contributed by atoms with van der Waals surface area (Å²) in [6.07, 6.45) is 3.29. The number of hydrogen-bond acceptors (Lipinski definition) is 6. The van der Waals surface area contributed by atoms with Gasteiger partial charge in [0.25, 0.3) is 0 Å². The molecular formula is C23H19F2N5O. The molecule has 0 amide bonds. The Hall–Kier alpha value is -3.65. The fraction of sp³-hybridized carbons (Fsp3) is 0.174. The Morgan fingerprint density at radius 1 is 0.839 bits per heavy atom. The molecule has 1 aliphatic rings. The first kappa shape index (κ1) is 19.3. The molecule has 1 aliphatic heterocycles. The molecule has 0 atom stereocenters. The van der Waals surface area contributed by atoms with Crippen LogP contribution in [0, 0.1) is 11.6 Å². The molecule has 5 rings (SSSR count). The molecule has 0 aliphatic carbocycles. The van der Waals surface area contributed by atoms with Crippen molar-refractivity contribution in [2.24, 2.45) is 0 Å². The second-order valence-corrected chi connectivity index (χ2v) is 7.21. The first-order valence-electron chi connectivity index (χ1n) is 9.93. The van der Waals surface area contributed by atoms with Crippen LogP contribution in [0.5, 0.6) is 0 Å². The molecule has 8 heteroatoms. The zero-order valence-electron chi connectivity index (χ0n) is 16.6. The fourth-order valence-corrected chi connectivity index (χ4v) is 3.58. The van der Waals surface area contributed by atoms with Crippen molar-refractivity contribution in [3.05, 3.63) is 72.7 Å². The van der Waals surface area contributed by atoms with Gasteiger partial charge < -0.3 is 15.0 Å². The second kappa shape index (κ2) is 8.23. The number of hydrogen-bond donors (Lipinski definition) is 1. The summed E-state index contributed by atoms with van der Waals surface area (Å²) in [5.74, 6) is -0.355. The number of ether oxygens (including phenoxy) is 1. The number of nitrogens with one attached hydrogen (secondary N) is 1. The lowest BCUT2D eigenvalue weighted by molar-refractivity contribution is 0.122. The molecule has 0 radical (unpaired) electrons. The van der Waals surface area contributed by atoms with Crippen molar-refractivity contribution in [2.45, 2.75) is 0 Å². The Morgan fingerprint density at radius 2 is 1.68 bits per heavy atom. The molecule has 3 heterocycles. The number of nitrogens with zero attached hydrogens (tertiary/aromatic N) is 4. The molecule has 0 saturated carbocycles. The molecule has 4 aromatic rings. The zero-order chi connectivity index (χ0) is 21.2. The number of fused-ring (bicyclic) bond motifs is 1. The monoisotopic (exact) mass is 419 g/mol.